The molecule has 0 aliphatic rings. The minimum absolute atomic E-state index is 0.0425. The number of aryl methyl sites for hydroxylation is 1. The average molecular weight is 446 g/mol. The summed E-state index contributed by atoms with van der Waals surface area (Å²) in [5, 5.41) is 10.8. The van der Waals surface area contributed by atoms with Gasteiger partial charge < -0.3 is 21.1 Å². The van der Waals surface area contributed by atoms with Crippen molar-refractivity contribution in [3.05, 3.63) is 60.0 Å². The number of nitrogens with two attached hydrogens (primary N) is 2. The van der Waals surface area contributed by atoms with Crippen molar-refractivity contribution in [3.8, 4) is 5.75 Å². The third kappa shape index (κ3) is 5.87. The van der Waals surface area contributed by atoms with Crippen LogP contribution in [0.4, 0.5) is 27.5 Å². The number of hydrogen-bond acceptors (Lipinski definition) is 8. The lowest BCUT2D eigenvalue weighted by atomic mass is 10.2. The summed E-state index contributed by atoms with van der Waals surface area (Å²) < 4.78 is 42.1. The number of primary sulfonamides is 1. The van der Waals surface area contributed by atoms with E-state index in [1.165, 1.54) is 24.3 Å². The third-order valence-electron chi connectivity index (χ3n) is 3.99. The van der Waals surface area contributed by atoms with Crippen molar-refractivity contribution in [1.82, 2.24) is 9.97 Å². The van der Waals surface area contributed by atoms with Crippen molar-refractivity contribution in [2.24, 2.45) is 10.9 Å². The van der Waals surface area contributed by atoms with Gasteiger partial charge in [-0.2, -0.15) is 4.98 Å². The minimum Gasteiger partial charge on any atom is -0.484 e. The van der Waals surface area contributed by atoms with Gasteiger partial charge in [0.1, 0.15) is 5.75 Å². The van der Waals surface area contributed by atoms with Gasteiger partial charge in [0.15, 0.2) is 18.2 Å². The van der Waals surface area contributed by atoms with Gasteiger partial charge in [-0.15, -0.1) is 0 Å². The van der Waals surface area contributed by atoms with Gasteiger partial charge in [0.05, 0.1) is 11.1 Å². The van der Waals surface area contributed by atoms with E-state index >= 15 is 0 Å². The topological polar surface area (TPSA) is 162 Å². The van der Waals surface area contributed by atoms with Gasteiger partial charge in [-0.25, -0.2) is 22.9 Å². The number of amides is 1. The third-order valence-corrected chi connectivity index (χ3v) is 4.92. The monoisotopic (exact) mass is 446 g/mol. The standard InChI is InChI=1S/C19H19FN6O4S/c1-11-8-13(4-7-16(11)30-10-17(21)27)24-18-15(20)9-23-19(26-18)25-12-2-5-14(6-3-12)31(22,28)29/h2-9H,10H2,1H3,(H2,21,27)(H2,22,28,29)(H2,23,24,25,26). The van der Waals surface area contributed by atoms with Crippen LogP contribution in [0.15, 0.2) is 53.6 Å². The van der Waals surface area contributed by atoms with Crippen LogP contribution in [0.5, 0.6) is 5.75 Å². The van der Waals surface area contributed by atoms with Crippen LogP contribution in [0.1, 0.15) is 5.56 Å². The predicted octanol–water partition coefficient (Wildman–Crippen LogP) is 1.92. The van der Waals surface area contributed by atoms with Crippen LogP contribution in [0.3, 0.4) is 0 Å². The molecule has 31 heavy (non-hydrogen) atoms. The van der Waals surface area contributed by atoms with Gasteiger partial charge in [-0.1, -0.05) is 0 Å². The zero-order chi connectivity index (χ0) is 22.6. The Hall–Kier alpha value is -3.77. The van der Waals surface area contributed by atoms with Crippen LogP contribution in [0.25, 0.3) is 0 Å². The Morgan fingerprint density at radius 3 is 2.42 bits per heavy atom. The molecule has 0 radical (unpaired) electrons. The Balaban J connectivity index is 1.75. The number of aromatic nitrogens is 2. The fourth-order valence-corrected chi connectivity index (χ4v) is 3.06. The molecular weight excluding hydrogens is 427 g/mol. The summed E-state index contributed by atoms with van der Waals surface area (Å²) in [5.74, 6) is -0.794. The smallest absolute Gasteiger partial charge is 0.255 e. The molecule has 0 aliphatic carbocycles. The van der Waals surface area contributed by atoms with Crippen LogP contribution in [0, 0.1) is 12.7 Å². The van der Waals surface area contributed by atoms with E-state index in [9.17, 15) is 17.6 Å². The highest BCUT2D eigenvalue weighted by molar-refractivity contribution is 7.89. The molecule has 1 heterocycles. The second-order valence-corrected chi connectivity index (χ2v) is 8.01. The van der Waals surface area contributed by atoms with Crippen molar-refractivity contribution in [2.75, 3.05) is 17.2 Å². The highest BCUT2D eigenvalue weighted by Crippen LogP contribution is 2.25. The quantitative estimate of drug-likeness (QED) is 0.408. The lowest BCUT2D eigenvalue weighted by Gasteiger charge is -2.12. The van der Waals surface area contributed by atoms with Gasteiger partial charge in [-0.05, 0) is 55.0 Å². The van der Waals surface area contributed by atoms with E-state index in [4.69, 9.17) is 15.6 Å². The number of primary amides is 1. The van der Waals surface area contributed by atoms with E-state index in [0.29, 0.717) is 22.7 Å². The maximum atomic E-state index is 14.2. The van der Waals surface area contributed by atoms with Gasteiger partial charge in [0, 0.05) is 11.4 Å². The SMILES string of the molecule is Cc1cc(Nc2nc(Nc3ccc(S(N)(=O)=O)cc3)ncc2F)ccc1OCC(N)=O. The maximum absolute atomic E-state index is 14.2. The summed E-state index contributed by atoms with van der Waals surface area (Å²) in [5.41, 5.74) is 6.78. The first-order valence-corrected chi connectivity index (χ1v) is 10.4. The van der Waals surface area contributed by atoms with Crippen LogP contribution in [0.2, 0.25) is 0 Å². The number of anilines is 4. The molecule has 0 unspecified atom stereocenters. The summed E-state index contributed by atoms with van der Waals surface area (Å²) in [4.78, 5) is 18.8. The van der Waals surface area contributed by atoms with Crippen molar-refractivity contribution in [3.63, 3.8) is 0 Å². The van der Waals surface area contributed by atoms with E-state index in [1.54, 1.807) is 25.1 Å². The van der Waals surface area contributed by atoms with Crippen LogP contribution >= 0.6 is 0 Å². The number of nitrogens with one attached hydrogen (secondary N) is 2. The number of sulfonamides is 1. The molecule has 0 aliphatic heterocycles. The molecular formula is C19H19FN6O4S. The second kappa shape index (κ2) is 8.93. The molecule has 1 amide bonds. The molecule has 0 saturated carbocycles. The summed E-state index contributed by atoms with van der Waals surface area (Å²) >= 11 is 0. The minimum atomic E-state index is -3.80. The average Bonchev–Trinajstić information content (AvgIpc) is 2.69. The summed E-state index contributed by atoms with van der Waals surface area (Å²) in [7, 11) is -3.80. The lowest BCUT2D eigenvalue weighted by Crippen LogP contribution is -2.20. The summed E-state index contributed by atoms with van der Waals surface area (Å²) in [6.07, 6.45) is 0.994. The summed E-state index contributed by atoms with van der Waals surface area (Å²) in [6.45, 7) is 1.51. The van der Waals surface area contributed by atoms with Gasteiger partial charge in [0.2, 0.25) is 16.0 Å². The molecule has 1 aromatic heterocycles. The summed E-state index contributed by atoms with van der Waals surface area (Å²) in [6, 6.07) is 10.5. The van der Waals surface area contributed by atoms with E-state index in [1.807, 2.05) is 0 Å². The van der Waals surface area contributed by atoms with E-state index in [2.05, 4.69) is 20.6 Å². The molecule has 0 saturated heterocycles. The Morgan fingerprint density at radius 2 is 1.81 bits per heavy atom. The molecule has 0 spiro atoms. The Labute approximate surface area is 177 Å². The Kier molecular flexibility index (Phi) is 6.32. The number of carbonyl (C=O) groups is 1. The molecule has 3 rings (SSSR count). The van der Waals surface area contributed by atoms with Crippen molar-refractivity contribution >= 4 is 39.1 Å². The maximum Gasteiger partial charge on any atom is 0.255 e. The number of benzene rings is 2. The number of carbonyl (C=O) groups excluding carboxylic acids is 1. The number of rotatable bonds is 8. The van der Waals surface area contributed by atoms with Crippen LogP contribution in [-0.2, 0) is 14.8 Å². The van der Waals surface area contributed by atoms with Crippen molar-refractivity contribution in [1.29, 1.82) is 0 Å². The zero-order valence-corrected chi connectivity index (χ0v) is 17.1. The molecule has 12 heteroatoms. The first kappa shape index (κ1) is 21.9. The Bertz CT molecular complexity index is 1220. The predicted molar refractivity (Wildman–Crippen MR) is 112 cm³/mol. The zero-order valence-electron chi connectivity index (χ0n) is 16.3. The largest absolute Gasteiger partial charge is 0.484 e. The lowest BCUT2D eigenvalue weighted by molar-refractivity contribution is -0.119. The van der Waals surface area contributed by atoms with E-state index < -0.39 is 21.7 Å². The second-order valence-electron chi connectivity index (χ2n) is 6.44. The van der Waals surface area contributed by atoms with Crippen molar-refractivity contribution in [2.45, 2.75) is 11.8 Å². The number of ether oxygens (including phenoxy) is 1. The molecule has 2 aromatic carbocycles. The molecule has 0 bridgehead atoms. The molecule has 0 atom stereocenters. The highest BCUT2D eigenvalue weighted by Gasteiger charge is 2.11. The molecule has 10 nitrogen and oxygen atoms in total. The molecule has 3 aromatic rings. The van der Waals surface area contributed by atoms with Crippen LogP contribution < -0.4 is 26.2 Å². The fourth-order valence-electron chi connectivity index (χ4n) is 2.55. The molecule has 6 N–H and O–H groups in total. The Morgan fingerprint density at radius 1 is 1.13 bits per heavy atom. The number of halogens is 1. The molecule has 162 valence electrons. The van der Waals surface area contributed by atoms with E-state index in [0.717, 1.165) is 6.20 Å². The van der Waals surface area contributed by atoms with E-state index in [-0.39, 0.29) is 23.3 Å². The van der Waals surface area contributed by atoms with Gasteiger partial charge in [-0.3, -0.25) is 4.79 Å². The first-order chi connectivity index (χ1) is 14.6. The highest BCUT2D eigenvalue weighted by atomic mass is 32.2. The number of hydrogen-bond donors (Lipinski definition) is 4. The molecule has 0 fully saturated rings. The van der Waals surface area contributed by atoms with Crippen molar-refractivity contribution < 1.29 is 22.3 Å². The van der Waals surface area contributed by atoms with Gasteiger partial charge in [0.25, 0.3) is 5.91 Å². The van der Waals surface area contributed by atoms with Gasteiger partial charge >= 0.3 is 0 Å². The normalized spacial score (nSPS) is 11.1. The first-order valence-electron chi connectivity index (χ1n) is 8.83. The fraction of sp³-hybridized carbons (Fsp3) is 0.105. The van der Waals surface area contributed by atoms with Crippen LogP contribution in [-0.4, -0.2) is 30.9 Å². The number of nitrogens with zero attached hydrogens (tertiary/aromatic N) is 2.